The number of hydrogen-bond acceptors (Lipinski definition) is 2. The van der Waals surface area contributed by atoms with Crippen molar-refractivity contribution in [2.45, 2.75) is 44.9 Å². The minimum Gasteiger partial charge on any atom is -1.00 e. The van der Waals surface area contributed by atoms with Gasteiger partial charge in [-0.2, -0.15) is 0 Å². The molecule has 0 fully saturated rings. The van der Waals surface area contributed by atoms with Gasteiger partial charge < -0.3 is 28.7 Å². The molecular formula is C28H34IO2P. The molecular weight excluding hydrogens is 526 g/mol. The number of esters is 1. The number of benzene rings is 3. The van der Waals surface area contributed by atoms with Crippen LogP contribution in [0.5, 0.6) is 0 Å². The highest BCUT2D eigenvalue weighted by Crippen LogP contribution is 2.55. The van der Waals surface area contributed by atoms with Crippen molar-refractivity contribution in [2.24, 2.45) is 0 Å². The Kier molecular flexibility index (Phi) is 12.0. The molecule has 0 aliphatic carbocycles. The van der Waals surface area contributed by atoms with Crippen LogP contribution in [0.15, 0.2) is 91.0 Å². The molecule has 0 saturated heterocycles. The zero-order valence-corrected chi connectivity index (χ0v) is 22.0. The van der Waals surface area contributed by atoms with Crippen molar-refractivity contribution in [3.05, 3.63) is 91.0 Å². The molecule has 0 heterocycles. The topological polar surface area (TPSA) is 26.3 Å². The number of ether oxygens (including phenoxy) is 1. The van der Waals surface area contributed by atoms with Gasteiger partial charge in [0.05, 0.1) is 13.3 Å². The molecule has 4 heteroatoms. The number of rotatable bonds is 12. The fraction of sp³-hybridized carbons (Fsp3) is 0.321. The Labute approximate surface area is 211 Å². The predicted octanol–water partition coefficient (Wildman–Crippen LogP) is 2.89. The third-order valence-electron chi connectivity index (χ3n) is 5.94. The first-order chi connectivity index (χ1) is 15.3. The Bertz CT molecular complexity index is 804. The van der Waals surface area contributed by atoms with E-state index < -0.39 is 7.26 Å². The molecule has 2 nitrogen and oxygen atoms in total. The maximum Gasteiger partial charge on any atom is 0.305 e. The Morgan fingerprint density at radius 1 is 0.625 bits per heavy atom. The summed E-state index contributed by atoms with van der Waals surface area (Å²) in [4.78, 5) is 11.2. The SMILES string of the molecule is COC(=O)CCCCCCCC[P+](c1ccccc1)(c1ccccc1)c1ccccc1.[I-]. The summed E-state index contributed by atoms with van der Waals surface area (Å²) in [7, 11) is -0.231. The second-order valence-corrected chi connectivity index (χ2v) is 11.6. The molecule has 0 aromatic heterocycles. The van der Waals surface area contributed by atoms with Crippen LogP contribution in [0, 0.1) is 0 Å². The van der Waals surface area contributed by atoms with Crippen LogP contribution in [0.25, 0.3) is 0 Å². The first kappa shape index (κ1) is 26.5. The second kappa shape index (κ2) is 14.4. The molecule has 3 rings (SSSR count). The van der Waals surface area contributed by atoms with Gasteiger partial charge in [0, 0.05) is 6.42 Å². The third kappa shape index (κ3) is 7.15. The lowest BCUT2D eigenvalue weighted by atomic mass is 10.1. The van der Waals surface area contributed by atoms with E-state index in [1.165, 1.54) is 54.9 Å². The van der Waals surface area contributed by atoms with E-state index in [0.29, 0.717) is 6.42 Å². The lowest BCUT2D eigenvalue weighted by molar-refractivity contribution is -0.140. The van der Waals surface area contributed by atoms with Gasteiger partial charge in [0.15, 0.2) is 0 Å². The molecule has 170 valence electrons. The smallest absolute Gasteiger partial charge is 0.305 e. The highest BCUT2D eigenvalue weighted by atomic mass is 127. The van der Waals surface area contributed by atoms with Crippen LogP contribution in [-0.2, 0) is 9.53 Å². The van der Waals surface area contributed by atoms with E-state index in [1.807, 2.05) is 0 Å². The third-order valence-corrected chi connectivity index (χ3v) is 10.5. The van der Waals surface area contributed by atoms with Gasteiger partial charge in [-0.15, -0.1) is 0 Å². The zero-order chi connectivity index (χ0) is 21.8. The van der Waals surface area contributed by atoms with Gasteiger partial charge in [0.2, 0.25) is 0 Å². The number of unbranched alkanes of at least 4 members (excludes halogenated alkanes) is 5. The summed E-state index contributed by atoms with van der Waals surface area (Å²) in [5.41, 5.74) is 0. The van der Waals surface area contributed by atoms with Crippen LogP contribution in [0.2, 0.25) is 0 Å². The molecule has 0 unspecified atom stereocenters. The summed E-state index contributed by atoms with van der Waals surface area (Å²) in [5.74, 6) is -0.0943. The summed E-state index contributed by atoms with van der Waals surface area (Å²) in [6, 6.07) is 33.3. The Balaban J connectivity index is 0.00000363. The van der Waals surface area contributed by atoms with Gasteiger partial charge in [-0.3, -0.25) is 4.79 Å². The quantitative estimate of drug-likeness (QED) is 0.148. The summed E-state index contributed by atoms with van der Waals surface area (Å²) >= 11 is 0. The number of methoxy groups -OCH3 is 1. The standard InChI is InChI=1S/C28H34O2P.HI/c1-30-28(29)23-15-4-2-3-5-16-24-31(25-17-9-6-10-18-25,26-19-11-7-12-20-26)27-21-13-8-14-22-27;/h6-14,17-22H,2-5,15-16,23-24H2,1H3;1H/q+1;/p-1. The van der Waals surface area contributed by atoms with Crippen molar-refractivity contribution in [1.29, 1.82) is 0 Å². The van der Waals surface area contributed by atoms with Gasteiger partial charge in [0.1, 0.15) is 23.2 Å². The molecule has 0 N–H and O–H groups in total. The molecule has 0 aliphatic heterocycles. The van der Waals surface area contributed by atoms with E-state index in [2.05, 4.69) is 91.0 Å². The average molecular weight is 560 g/mol. The Morgan fingerprint density at radius 3 is 1.41 bits per heavy atom. The van der Waals surface area contributed by atoms with Gasteiger partial charge in [-0.05, 0) is 55.7 Å². The molecule has 3 aromatic rings. The maximum absolute atomic E-state index is 11.2. The lowest BCUT2D eigenvalue weighted by Crippen LogP contribution is -3.00. The fourth-order valence-electron chi connectivity index (χ4n) is 4.31. The van der Waals surface area contributed by atoms with E-state index in [0.717, 1.165) is 12.8 Å². The largest absolute Gasteiger partial charge is 1.00 e. The maximum atomic E-state index is 11.2. The van der Waals surface area contributed by atoms with Crippen LogP contribution < -0.4 is 39.9 Å². The van der Waals surface area contributed by atoms with Crippen molar-refractivity contribution < 1.29 is 33.5 Å². The molecule has 0 spiro atoms. The van der Waals surface area contributed by atoms with Gasteiger partial charge in [-0.1, -0.05) is 73.9 Å². The van der Waals surface area contributed by atoms with E-state index in [4.69, 9.17) is 4.74 Å². The van der Waals surface area contributed by atoms with Crippen molar-refractivity contribution in [3.8, 4) is 0 Å². The highest BCUT2D eigenvalue weighted by Gasteiger charge is 2.44. The molecule has 0 bridgehead atoms. The van der Waals surface area contributed by atoms with Crippen LogP contribution in [0.3, 0.4) is 0 Å². The number of carbonyl (C=O) groups is 1. The first-order valence-electron chi connectivity index (χ1n) is 11.4. The van der Waals surface area contributed by atoms with Gasteiger partial charge in [-0.25, -0.2) is 0 Å². The molecule has 0 radical (unpaired) electrons. The van der Waals surface area contributed by atoms with Crippen LogP contribution in [0.1, 0.15) is 44.9 Å². The van der Waals surface area contributed by atoms with Crippen LogP contribution in [0.4, 0.5) is 0 Å². The van der Waals surface area contributed by atoms with Crippen molar-refractivity contribution in [2.75, 3.05) is 13.3 Å². The molecule has 0 aliphatic rings. The fourth-order valence-corrected chi connectivity index (χ4v) is 8.72. The summed E-state index contributed by atoms with van der Waals surface area (Å²) in [6.45, 7) is 0. The van der Waals surface area contributed by atoms with E-state index in [9.17, 15) is 4.79 Å². The molecule has 0 amide bonds. The highest BCUT2D eigenvalue weighted by molar-refractivity contribution is 7.95. The number of carbonyl (C=O) groups excluding carboxylic acids is 1. The summed E-state index contributed by atoms with van der Waals surface area (Å²) < 4.78 is 4.72. The van der Waals surface area contributed by atoms with Gasteiger partial charge in [0.25, 0.3) is 0 Å². The Morgan fingerprint density at radius 2 is 1.00 bits per heavy atom. The molecule has 0 saturated carbocycles. The molecule has 0 atom stereocenters. The monoisotopic (exact) mass is 560 g/mol. The number of halogens is 1. The lowest BCUT2D eigenvalue weighted by Gasteiger charge is -2.27. The molecule has 32 heavy (non-hydrogen) atoms. The minimum atomic E-state index is -1.69. The minimum absolute atomic E-state index is 0. The van der Waals surface area contributed by atoms with Crippen LogP contribution >= 0.6 is 7.26 Å². The van der Waals surface area contributed by atoms with E-state index in [-0.39, 0.29) is 29.9 Å². The Hall–Kier alpha value is -1.71. The normalized spacial score (nSPS) is 10.9. The second-order valence-electron chi connectivity index (χ2n) is 7.99. The van der Waals surface area contributed by atoms with Crippen molar-refractivity contribution >= 4 is 29.1 Å². The predicted molar refractivity (Wildman–Crippen MR) is 134 cm³/mol. The summed E-state index contributed by atoms with van der Waals surface area (Å²) in [5, 5.41) is 4.39. The van der Waals surface area contributed by atoms with E-state index in [1.54, 1.807) is 0 Å². The van der Waals surface area contributed by atoms with Crippen molar-refractivity contribution in [1.82, 2.24) is 0 Å². The molecule has 3 aromatic carbocycles. The van der Waals surface area contributed by atoms with Crippen LogP contribution in [-0.4, -0.2) is 19.2 Å². The average Bonchev–Trinajstić information content (AvgIpc) is 2.85. The first-order valence-corrected chi connectivity index (χ1v) is 13.4. The zero-order valence-electron chi connectivity index (χ0n) is 19.0. The number of hydrogen-bond donors (Lipinski definition) is 0. The van der Waals surface area contributed by atoms with E-state index >= 15 is 0 Å². The van der Waals surface area contributed by atoms with Gasteiger partial charge >= 0.3 is 5.97 Å². The van der Waals surface area contributed by atoms with Crippen molar-refractivity contribution in [3.63, 3.8) is 0 Å². The summed E-state index contributed by atoms with van der Waals surface area (Å²) in [6.07, 6.45) is 8.61.